The van der Waals surface area contributed by atoms with Crippen LogP contribution in [0.3, 0.4) is 0 Å². The highest BCUT2D eigenvalue weighted by Gasteiger charge is 2.45. The van der Waals surface area contributed by atoms with Gasteiger partial charge in [0.1, 0.15) is 9.22 Å². The normalized spacial score (nSPS) is 18.8. The van der Waals surface area contributed by atoms with Crippen LogP contribution in [0.4, 0.5) is 5.88 Å². The molecule has 8 heteroatoms. The molecule has 0 fully saturated rings. The molecule has 1 unspecified atom stereocenters. The van der Waals surface area contributed by atoms with E-state index in [0.29, 0.717) is 15.9 Å². The fraction of sp³-hybridized carbons (Fsp3) is 0.208. The lowest BCUT2D eigenvalue weighted by Crippen LogP contribution is -2.40. The molecular weight excluding hydrogens is 508 g/mol. The van der Waals surface area contributed by atoms with Gasteiger partial charge in [-0.25, -0.2) is 13.1 Å². The van der Waals surface area contributed by atoms with Gasteiger partial charge in [-0.15, -0.1) is 11.8 Å². The molecule has 1 aliphatic rings. The summed E-state index contributed by atoms with van der Waals surface area (Å²) >= 11 is 4.87. The van der Waals surface area contributed by atoms with Gasteiger partial charge in [0.15, 0.2) is 0 Å². The first kappa shape index (κ1) is 22.9. The van der Waals surface area contributed by atoms with Crippen LogP contribution in [0.25, 0.3) is 11.0 Å². The van der Waals surface area contributed by atoms with Gasteiger partial charge in [0.05, 0.1) is 5.69 Å². The third-order valence-electron chi connectivity index (χ3n) is 5.32. The number of halogens is 1. The second-order valence-corrected chi connectivity index (χ2v) is 11.7. The Balaban J connectivity index is 1.76. The van der Waals surface area contributed by atoms with Crippen molar-refractivity contribution in [3.8, 4) is 0 Å². The summed E-state index contributed by atoms with van der Waals surface area (Å²) in [6.07, 6.45) is 5.44. The van der Waals surface area contributed by atoms with Gasteiger partial charge in [0.2, 0.25) is 10.0 Å². The van der Waals surface area contributed by atoms with E-state index < -0.39 is 14.8 Å². The predicted molar refractivity (Wildman–Crippen MR) is 136 cm³/mol. The minimum atomic E-state index is -3.91. The summed E-state index contributed by atoms with van der Waals surface area (Å²) in [5, 5.41) is 3.83. The molecule has 0 saturated heterocycles. The third kappa shape index (κ3) is 4.58. The van der Waals surface area contributed by atoms with Gasteiger partial charge >= 0.3 is 0 Å². The summed E-state index contributed by atoms with van der Waals surface area (Å²) in [6, 6.07) is 16.1. The summed E-state index contributed by atoms with van der Waals surface area (Å²) in [5.74, 6) is 0.423. The SMILES string of the molecule is Cc1ccc(/C=C/C2(S(=O)(=O)Nc3onc(C)c3Br)C=C(c3ccc(C)cc3)SC2)cc1. The molecule has 0 aliphatic carbocycles. The highest BCUT2D eigenvalue weighted by atomic mass is 79.9. The van der Waals surface area contributed by atoms with Gasteiger partial charge in [0.25, 0.3) is 5.88 Å². The molecule has 0 spiro atoms. The highest BCUT2D eigenvalue weighted by molar-refractivity contribution is 9.10. The monoisotopic (exact) mass is 530 g/mol. The van der Waals surface area contributed by atoms with Crippen molar-refractivity contribution in [2.45, 2.75) is 25.5 Å². The van der Waals surface area contributed by atoms with Crippen LogP contribution in [0, 0.1) is 20.8 Å². The highest BCUT2D eigenvalue weighted by Crippen LogP contribution is 2.45. The molecule has 2 aromatic carbocycles. The Labute approximate surface area is 201 Å². The third-order valence-corrected chi connectivity index (χ3v) is 9.57. The first-order valence-corrected chi connectivity index (χ1v) is 13.3. The minimum Gasteiger partial charge on any atom is -0.336 e. The maximum Gasteiger partial charge on any atom is 0.252 e. The van der Waals surface area contributed by atoms with E-state index >= 15 is 0 Å². The van der Waals surface area contributed by atoms with Crippen molar-refractivity contribution in [3.63, 3.8) is 0 Å². The molecule has 1 aromatic heterocycles. The van der Waals surface area contributed by atoms with Crippen LogP contribution >= 0.6 is 27.7 Å². The Hall–Kier alpha value is -2.29. The number of hydrogen-bond donors (Lipinski definition) is 1. The number of nitrogens with one attached hydrogen (secondary N) is 1. The van der Waals surface area contributed by atoms with Crippen molar-refractivity contribution in [2.24, 2.45) is 0 Å². The zero-order chi connectivity index (χ0) is 22.9. The van der Waals surface area contributed by atoms with E-state index in [1.165, 1.54) is 11.8 Å². The van der Waals surface area contributed by atoms with Crippen molar-refractivity contribution in [2.75, 3.05) is 10.5 Å². The molecule has 5 nitrogen and oxygen atoms in total. The molecule has 1 atom stereocenters. The summed E-state index contributed by atoms with van der Waals surface area (Å²) in [7, 11) is -3.91. The largest absolute Gasteiger partial charge is 0.336 e. The molecule has 0 saturated carbocycles. The van der Waals surface area contributed by atoms with Gasteiger partial charge in [-0.2, -0.15) is 0 Å². The maximum atomic E-state index is 13.7. The molecule has 166 valence electrons. The quantitative estimate of drug-likeness (QED) is 0.402. The predicted octanol–water partition coefficient (Wildman–Crippen LogP) is 6.34. The Kier molecular flexibility index (Phi) is 6.38. The molecule has 32 heavy (non-hydrogen) atoms. The number of benzene rings is 2. The van der Waals surface area contributed by atoms with E-state index in [2.05, 4.69) is 25.8 Å². The van der Waals surface area contributed by atoms with E-state index in [4.69, 9.17) is 4.52 Å². The van der Waals surface area contributed by atoms with Gasteiger partial charge in [-0.1, -0.05) is 77.0 Å². The van der Waals surface area contributed by atoms with E-state index in [0.717, 1.165) is 27.2 Å². The lowest BCUT2D eigenvalue weighted by Gasteiger charge is -2.23. The van der Waals surface area contributed by atoms with Crippen molar-refractivity contribution >= 4 is 54.6 Å². The number of sulfonamides is 1. The zero-order valence-corrected chi connectivity index (χ0v) is 21.1. The minimum absolute atomic E-state index is 0.0767. The number of hydrogen-bond acceptors (Lipinski definition) is 5. The Morgan fingerprint density at radius 2 is 1.69 bits per heavy atom. The topological polar surface area (TPSA) is 72.2 Å². The summed E-state index contributed by atoms with van der Waals surface area (Å²) in [4.78, 5) is 0.928. The summed E-state index contributed by atoms with van der Waals surface area (Å²) in [6.45, 7) is 5.78. The number of anilines is 1. The standard InChI is InChI=1S/C24H23BrN2O3S2/c1-16-4-8-19(9-5-16)12-13-24(32(28,29)27-23-22(25)18(3)26-30-23)14-21(31-15-24)20-10-6-17(2)7-11-20/h4-14,27H,15H2,1-3H3/b13-12+. The van der Waals surface area contributed by atoms with Crippen LogP contribution in [0.2, 0.25) is 0 Å². The lowest BCUT2D eigenvalue weighted by atomic mass is 10.0. The number of aryl methyl sites for hydroxylation is 3. The van der Waals surface area contributed by atoms with Gasteiger partial charge in [-0.05, 0) is 53.9 Å². The zero-order valence-electron chi connectivity index (χ0n) is 17.9. The van der Waals surface area contributed by atoms with Crippen LogP contribution in [0.1, 0.15) is 27.9 Å². The number of nitrogens with zero attached hydrogens (tertiary/aromatic N) is 1. The Morgan fingerprint density at radius 1 is 1.06 bits per heavy atom. The van der Waals surface area contributed by atoms with Crippen molar-refractivity contribution < 1.29 is 12.9 Å². The van der Waals surface area contributed by atoms with E-state index in [1.54, 1.807) is 13.0 Å². The van der Waals surface area contributed by atoms with Crippen molar-refractivity contribution in [1.29, 1.82) is 0 Å². The number of thioether (sulfide) groups is 1. The first-order valence-electron chi connectivity index (χ1n) is 10.0. The molecule has 1 aliphatic heterocycles. The summed E-state index contributed by atoms with van der Waals surface area (Å²) in [5.41, 5.74) is 4.81. The van der Waals surface area contributed by atoms with Crippen LogP contribution in [0.15, 0.2) is 69.7 Å². The number of aromatic nitrogens is 1. The second-order valence-electron chi connectivity index (χ2n) is 7.88. The van der Waals surface area contributed by atoms with Crippen molar-refractivity contribution in [3.05, 3.63) is 93.1 Å². The van der Waals surface area contributed by atoms with Gasteiger partial charge in [-0.3, -0.25) is 0 Å². The average molecular weight is 531 g/mol. The molecule has 0 bridgehead atoms. The van der Waals surface area contributed by atoms with Crippen molar-refractivity contribution in [1.82, 2.24) is 5.16 Å². The Morgan fingerprint density at radius 3 is 2.28 bits per heavy atom. The molecule has 0 amide bonds. The van der Waals surface area contributed by atoms with Crippen LogP contribution < -0.4 is 4.72 Å². The van der Waals surface area contributed by atoms with E-state index in [1.807, 2.05) is 74.5 Å². The fourth-order valence-corrected chi connectivity index (χ4v) is 6.77. The Bertz CT molecular complexity index is 1290. The molecule has 3 aromatic rings. The number of rotatable bonds is 6. The second kappa shape index (κ2) is 8.92. The van der Waals surface area contributed by atoms with Gasteiger partial charge < -0.3 is 4.52 Å². The smallest absolute Gasteiger partial charge is 0.252 e. The lowest BCUT2D eigenvalue weighted by molar-refractivity contribution is 0.430. The van der Waals surface area contributed by atoms with Crippen LogP contribution in [0.5, 0.6) is 0 Å². The molecular formula is C24H23BrN2O3S2. The molecule has 0 radical (unpaired) electrons. The van der Waals surface area contributed by atoms with E-state index in [-0.39, 0.29) is 5.88 Å². The molecule has 4 rings (SSSR count). The van der Waals surface area contributed by atoms with Crippen LogP contribution in [-0.4, -0.2) is 24.1 Å². The van der Waals surface area contributed by atoms with E-state index in [9.17, 15) is 8.42 Å². The average Bonchev–Trinajstić information content (AvgIpc) is 3.34. The fourth-order valence-electron chi connectivity index (χ4n) is 3.28. The van der Waals surface area contributed by atoms with Gasteiger partial charge in [0, 0.05) is 10.7 Å². The molecule has 2 heterocycles. The molecule has 1 N–H and O–H groups in total. The first-order chi connectivity index (χ1) is 15.2. The van der Waals surface area contributed by atoms with Crippen LogP contribution in [-0.2, 0) is 10.0 Å². The maximum absolute atomic E-state index is 13.7. The summed E-state index contributed by atoms with van der Waals surface area (Å²) < 4.78 is 34.4.